The van der Waals surface area contributed by atoms with Crippen molar-refractivity contribution in [2.45, 2.75) is 13.8 Å². The zero-order valence-electron chi connectivity index (χ0n) is 8.29. The molecule has 0 aliphatic rings. The summed E-state index contributed by atoms with van der Waals surface area (Å²) in [5.41, 5.74) is 3.85. The van der Waals surface area contributed by atoms with E-state index in [0.29, 0.717) is 0 Å². The second-order valence-corrected chi connectivity index (χ2v) is 4.39. The first-order valence-electron chi connectivity index (χ1n) is 4.58. The molecule has 0 bridgehead atoms. The lowest BCUT2D eigenvalue weighted by atomic mass is 10.1. The molecular weight excluding hydrogens is 238 g/mol. The summed E-state index contributed by atoms with van der Waals surface area (Å²) in [6.07, 6.45) is 4.15. The largest absolute Gasteiger partial charge is 0.323 e. The Labute approximate surface area is 92.5 Å². The molecule has 14 heavy (non-hydrogen) atoms. The minimum Gasteiger partial charge on any atom is -0.323 e. The molecule has 1 aromatic carbocycles. The van der Waals surface area contributed by atoms with Gasteiger partial charge in [0.05, 0.1) is 5.69 Å². The van der Waals surface area contributed by atoms with Crippen molar-refractivity contribution < 1.29 is 0 Å². The molecule has 72 valence electrons. The van der Waals surface area contributed by atoms with Gasteiger partial charge in [-0.05, 0) is 49.2 Å². The Morgan fingerprint density at radius 1 is 1.00 bits per heavy atom. The molecule has 0 aliphatic carbocycles. The third kappa shape index (κ3) is 1.62. The van der Waals surface area contributed by atoms with Crippen molar-refractivity contribution in [3.05, 3.63) is 52.3 Å². The lowest BCUT2D eigenvalue weighted by Crippen LogP contribution is -1.97. The second kappa shape index (κ2) is 3.62. The van der Waals surface area contributed by atoms with Crippen LogP contribution in [0, 0.1) is 13.8 Å². The first-order valence-corrected chi connectivity index (χ1v) is 5.38. The summed E-state index contributed by atoms with van der Waals surface area (Å²) in [4.78, 5) is 0. The Kier molecular flexibility index (Phi) is 2.46. The third-order valence-electron chi connectivity index (χ3n) is 2.32. The zero-order valence-corrected chi connectivity index (χ0v) is 9.88. The van der Waals surface area contributed by atoms with E-state index in [1.54, 1.807) is 0 Å². The molecule has 0 radical (unpaired) electrons. The zero-order chi connectivity index (χ0) is 10.1. The van der Waals surface area contributed by atoms with E-state index in [0.717, 1.165) is 4.47 Å². The third-order valence-corrected chi connectivity index (χ3v) is 2.78. The Hall–Kier alpha value is -1.02. The number of nitrogens with zero attached hydrogens (tertiary/aromatic N) is 1. The summed E-state index contributed by atoms with van der Waals surface area (Å²) in [5, 5.41) is 0. The van der Waals surface area contributed by atoms with Crippen LogP contribution in [-0.2, 0) is 0 Å². The molecule has 0 spiro atoms. The monoisotopic (exact) mass is 249 g/mol. The minimum absolute atomic E-state index is 1.14. The van der Waals surface area contributed by atoms with Crippen LogP contribution in [0.4, 0.5) is 0 Å². The number of aryl methyl sites for hydroxylation is 2. The quantitative estimate of drug-likeness (QED) is 0.724. The Morgan fingerprint density at radius 3 is 2.00 bits per heavy atom. The number of benzene rings is 1. The van der Waals surface area contributed by atoms with Crippen molar-refractivity contribution >= 4 is 15.9 Å². The SMILES string of the molecule is Cc1cc(Br)cc(C)c1-n1cccc1. The first-order chi connectivity index (χ1) is 6.68. The molecule has 0 unspecified atom stereocenters. The first kappa shape index (κ1) is 9.53. The predicted octanol–water partition coefficient (Wildman–Crippen LogP) is 3.86. The van der Waals surface area contributed by atoms with Gasteiger partial charge < -0.3 is 4.57 Å². The van der Waals surface area contributed by atoms with Crippen LogP contribution in [0.5, 0.6) is 0 Å². The number of aromatic nitrogens is 1. The van der Waals surface area contributed by atoms with Crippen molar-refractivity contribution in [1.82, 2.24) is 4.57 Å². The molecular formula is C12H12BrN. The standard InChI is InChI=1S/C12H12BrN/c1-9-7-11(13)8-10(2)12(9)14-5-3-4-6-14/h3-8H,1-2H3. The van der Waals surface area contributed by atoms with E-state index >= 15 is 0 Å². The summed E-state index contributed by atoms with van der Waals surface area (Å²) in [5.74, 6) is 0. The summed E-state index contributed by atoms with van der Waals surface area (Å²) in [6.45, 7) is 4.26. The van der Waals surface area contributed by atoms with E-state index in [9.17, 15) is 0 Å². The summed E-state index contributed by atoms with van der Waals surface area (Å²) < 4.78 is 3.29. The molecule has 0 atom stereocenters. The van der Waals surface area contributed by atoms with Crippen LogP contribution < -0.4 is 0 Å². The van der Waals surface area contributed by atoms with Crippen LogP contribution in [-0.4, -0.2) is 4.57 Å². The lowest BCUT2D eigenvalue weighted by Gasteiger charge is -2.11. The molecule has 0 aliphatic heterocycles. The molecule has 0 fully saturated rings. The molecule has 2 rings (SSSR count). The van der Waals surface area contributed by atoms with Crippen molar-refractivity contribution in [1.29, 1.82) is 0 Å². The molecule has 0 saturated heterocycles. The van der Waals surface area contributed by atoms with Gasteiger partial charge in [0.25, 0.3) is 0 Å². The highest BCUT2D eigenvalue weighted by atomic mass is 79.9. The van der Waals surface area contributed by atoms with Crippen LogP contribution in [0.3, 0.4) is 0 Å². The number of halogens is 1. The van der Waals surface area contributed by atoms with Gasteiger partial charge in [-0.1, -0.05) is 15.9 Å². The van der Waals surface area contributed by atoms with Crippen molar-refractivity contribution in [2.24, 2.45) is 0 Å². The molecule has 0 saturated carbocycles. The molecule has 0 amide bonds. The average molecular weight is 250 g/mol. The topological polar surface area (TPSA) is 4.93 Å². The van der Waals surface area contributed by atoms with E-state index in [-0.39, 0.29) is 0 Å². The summed E-state index contributed by atoms with van der Waals surface area (Å²) in [6, 6.07) is 8.37. The predicted molar refractivity (Wildman–Crippen MR) is 62.9 cm³/mol. The second-order valence-electron chi connectivity index (χ2n) is 3.48. The number of rotatable bonds is 1. The van der Waals surface area contributed by atoms with Crippen molar-refractivity contribution in [3.8, 4) is 5.69 Å². The van der Waals surface area contributed by atoms with Gasteiger partial charge in [-0.2, -0.15) is 0 Å². The Balaban J connectivity index is 2.64. The van der Waals surface area contributed by atoms with Gasteiger partial charge in [-0.3, -0.25) is 0 Å². The van der Waals surface area contributed by atoms with Gasteiger partial charge in [0, 0.05) is 16.9 Å². The van der Waals surface area contributed by atoms with Crippen LogP contribution in [0.25, 0.3) is 5.69 Å². The van der Waals surface area contributed by atoms with Gasteiger partial charge in [-0.25, -0.2) is 0 Å². The van der Waals surface area contributed by atoms with Crippen molar-refractivity contribution in [2.75, 3.05) is 0 Å². The minimum atomic E-state index is 1.14. The highest BCUT2D eigenvalue weighted by molar-refractivity contribution is 9.10. The summed E-state index contributed by atoms with van der Waals surface area (Å²) >= 11 is 3.50. The van der Waals surface area contributed by atoms with Gasteiger partial charge in [0.2, 0.25) is 0 Å². The number of hydrogen-bond acceptors (Lipinski definition) is 0. The lowest BCUT2D eigenvalue weighted by molar-refractivity contribution is 1.04. The normalized spacial score (nSPS) is 10.5. The van der Waals surface area contributed by atoms with Gasteiger partial charge in [-0.15, -0.1) is 0 Å². The van der Waals surface area contributed by atoms with Gasteiger partial charge in [0.15, 0.2) is 0 Å². The Bertz CT molecular complexity index is 420. The summed E-state index contributed by atoms with van der Waals surface area (Å²) in [7, 11) is 0. The van der Waals surface area contributed by atoms with Crippen LogP contribution >= 0.6 is 15.9 Å². The van der Waals surface area contributed by atoms with Crippen molar-refractivity contribution in [3.63, 3.8) is 0 Å². The Morgan fingerprint density at radius 2 is 1.50 bits per heavy atom. The van der Waals surface area contributed by atoms with E-state index in [2.05, 4.69) is 58.9 Å². The maximum atomic E-state index is 3.50. The van der Waals surface area contributed by atoms with E-state index in [1.807, 2.05) is 12.1 Å². The van der Waals surface area contributed by atoms with E-state index in [4.69, 9.17) is 0 Å². The maximum Gasteiger partial charge on any atom is 0.0508 e. The molecule has 2 heteroatoms. The fourth-order valence-electron chi connectivity index (χ4n) is 1.79. The van der Waals surface area contributed by atoms with E-state index in [1.165, 1.54) is 16.8 Å². The molecule has 1 aromatic heterocycles. The fraction of sp³-hybridized carbons (Fsp3) is 0.167. The van der Waals surface area contributed by atoms with Gasteiger partial charge in [0.1, 0.15) is 0 Å². The molecule has 1 nitrogen and oxygen atoms in total. The van der Waals surface area contributed by atoms with Crippen LogP contribution in [0.1, 0.15) is 11.1 Å². The smallest absolute Gasteiger partial charge is 0.0508 e. The average Bonchev–Trinajstić information content (AvgIpc) is 2.54. The highest BCUT2D eigenvalue weighted by Gasteiger charge is 2.04. The fourth-order valence-corrected chi connectivity index (χ4v) is 2.48. The molecule has 0 N–H and O–H groups in total. The maximum absolute atomic E-state index is 3.50. The molecule has 1 heterocycles. The van der Waals surface area contributed by atoms with Crippen LogP contribution in [0.2, 0.25) is 0 Å². The van der Waals surface area contributed by atoms with E-state index < -0.39 is 0 Å². The van der Waals surface area contributed by atoms with Crippen LogP contribution in [0.15, 0.2) is 41.1 Å². The molecule has 2 aromatic rings. The number of hydrogen-bond donors (Lipinski definition) is 0. The van der Waals surface area contributed by atoms with Gasteiger partial charge >= 0.3 is 0 Å². The highest BCUT2D eigenvalue weighted by Crippen LogP contribution is 2.23.